The van der Waals surface area contributed by atoms with Gasteiger partial charge in [0.15, 0.2) is 9.84 Å². The Balaban J connectivity index is 1.63. The van der Waals surface area contributed by atoms with E-state index in [-0.39, 0.29) is 0 Å². The molecule has 2 aliphatic heterocycles. The maximum absolute atomic E-state index is 11.1. The summed E-state index contributed by atoms with van der Waals surface area (Å²) in [7, 11) is -2.71. The second-order valence-electron chi connectivity index (χ2n) is 3.74. The van der Waals surface area contributed by atoms with Crippen molar-refractivity contribution in [2.75, 3.05) is 24.6 Å². The molecule has 12 heavy (non-hydrogen) atoms. The first-order valence-electron chi connectivity index (χ1n) is 4.27. The predicted molar refractivity (Wildman–Crippen MR) is 42.7 cm³/mol. The number of rotatable bonds is 1. The highest BCUT2D eigenvalue weighted by molar-refractivity contribution is 7.91. The average molecular weight is 189 g/mol. The Morgan fingerprint density at radius 2 is 1.75 bits per heavy atom. The lowest BCUT2D eigenvalue weighted by molar-refractivity contribution is 0.133. The van der Waals surface area contributed by atoms with Crippen LogP contribution in [0.2, 0.25) is 0 Å². The predicted octanol–water partition coefficient (Wildman–Crippen LogP) is -1.13. The fourth-order valence-corrected chi connectivity index (χ4v) is 3.12. The van der Waals surface area contributed by atoms with Crippen LogP contribution in [-0.4, -0.2) is 56.2 Å². The Kier molecular flexibility index (Phi) is 1.23. The molecule has 68 valence electrons. The summed E-state index contributed by atoms with van der Waals surface area (Å²) < 4.78 is 27.3. The van der Waals surface area contributed by atoms with E-state index >= 15 is 0 Å². The number of nitrogens with zero attached hydrogens (tertiary/aromatic N) is 1. The first-order chi connectivity index (χ1) is 5.67. The van der Waals surface area contributed by atoms with Gasteiger partial charge in [-0.2, -0.15) is 0 Å². The van der Waals surface area contributed by atoms with E-state index in [0.29, 0.717) is 42.8 Å². The number of sulfone groups is 1. The number of ether oxygens (including phenoxy) is 1. The van der Waals surface area contributed by atoms with E-state index in [9.17, 15) is 8.42 Å². The highest BCUT2D eigenvalue weighted by atomic mass is 32.2. The number of epoxide rings is 1. The lowest BCUT2D eigenvalue weighted by Crippen LogP contribution is -2.44. The van der Waals surface area contributed by atoms with Crippen LogP contribution in [0.5, 0.6) is 0 Å². The molecule has 0 spiro atoms. The van der Waals surface area contributed by atoms with E-state index < -0.39 is 9.84 Å². The molecule has 0 aromatic carbocycles. The van der Waals surface area contributed by atoms with Crippen molar-refractivity contribution in [2.45, 2.75) is 18.2 Å². The van der Waals surface area contributed by atoms with Crippen LogP contribution < -0.4 is 0 Å². The lowest BCUT2D eigenvalue weighted by Gasteiger charge is -2.28. The molecule has 0 bridgehead atoms. The van der Waals surface area contributed by atoms with Crippen LogP contribution in [0.1, 0.15) is 0 Å². The molecule has 0 aromatic rings. The Hall–Kier alpha value is -0.130. The quantitative estimate of drug-likeness (QED) is 0.490. The molecular formula is C7H11NO3S. The zero-order valence-electron chi connectivity index (χ0n) is 6.64. The summed E-state index contributed by atoms with van der Waals surface area (Å²) >= 11 is 0. The van der Waals surface area contributed by atoms with Crippen LogP contribution in [0.3, 0.4) is 0 Å². The molecule has 0 N–H and O–H groups in total. The molecular weight excluding hydrogens is 178 g/mol. The Morgan fingerprint density at radius 1 is 1.17 bits per heavy atom. The SMILES string of the molecule is O=S1(=O)CCN(C2C3OC32)CC1. The van der Waals surface area contributed by atoms with Crippen LogP contribution in [0.4, 0.5) is 0 Å². The van der Waals surface area contributed by atoms with Gasteiger partial charge in [0, 0.05) is 13.1 Å². The molecule has 0 aromatic heterocycles. The van der Waals surface area contributed by atoms with Crippen molar-refractivity contribution >= 4 is 9.84 Å². The second kappa shape index (κ2) is 2.02. The van der Waals surface area contributed by atoms with Gasteiger partial charge in [0.25, 0.3) is 0 Å². The van der Waals surface area contributed by atoms with Gasteiger partial charge in [-0.05, 0) is 0 Å². The number of hydrogen-bond acceptors (Lipinski definition) is 4. The summed E-state index contributed by atoms with van der Waals surface area (Å²) in [4.78, 5) is 2.25. The molecule has 2 saturated heterocycles. The average Bonchev–Trinajstić information content (AvgIpc) is 2.79. The molecule has 0 amide bonds. The van der Waals surface area contributed by atoms with Gasteiger partial charge in [-0.25, -0.2) is 8.42 Å². The third-order valence-corrected chi connectivity index (χ3v) is 4.50. The fraction of sp³-hybridized carbons (Fsp3) is 1.00. The van der Waals surface area contributed by atoms with E-state index in [0.717, 1.165) is 0 Å². The molecule has 2 heterocycles. The van der Waals surface area contributed by atoms with Crippen LogP contribution in [0.25, 0.3) is 0 Å². The zero-order chi connectivity index (χ0) is 8.34. The van der Waals surface area contributed by atoms with Crippen molar-refractivity contribution in [2.24, 2.45) is 0 Å². The van der Waals surface area contributed by atoms with Crippen LogP contribution in [-0.2, 0) is 14.6 Å². The summed E-state index contributed by atoms with van der Waals surface area (Å²) in [6.07, 6.45) is 0.927. The van der Waals surface area contributed by atoms with Gasteiger partial charge in [-0.15, -0.1) is 0 Å². The van der Waals surface area contributed by atoms with E-state index in [1.165, 1.54) is 0 Å². The van der Waals surface area contributed by atoms with Gasteiger partial charge in [-0.3, -0.25) is 4.90 Å². The molecule has 2 atom stereocenters. The maximum atomic E-state index is 11.1. The molecule has 3 rings (SSSR count). The van der Waals surface area contributed by atoms with Gasteiger partial charge < -0.3 is 4.74 Å². The third-order valence-electron chi connectivity index (χ3n) is 2.89. The lowest BCUT2D eigenvalue weighted by atomic mass is 10.4. The molecule has 3 fully saturated rings. The van der Waals surface area contributed by atoms with E-state index in [2.05, 4.69) is 4.90 Å². The zero-order valence-corrected chi connectivity index (χ0v) is 7.46. The molecule has 4 nitrogen and oxygen atoms in total. The smallest absolute Gasteiger partial charge is 0.152 e. The van der Waals surface area contributed by atoms with Crippen LogP contribution >= 0.6 is 0 Å². The van der Waals surface area contributed by atoms with E-state index in [1.54, 1.807) is 0 Å². The molecule has 3 aliphatic rings. The maximum Gasteiger partial charge on any atom is 0.152 e. The number of fused-ring (bicyclic) bond motifs is 1. The largest absolute Gasteiger partial charge is 0.366 e. The van der Waals surface area contributed by atoms with Gasteiger partial charge >= 0.3 is 0 Å². The summed E-state index contributed by atoms with van der Waals surface area (Å²) in [5, 5.41) is 0. The second-order valence-corrected chi connectivity index (χ2v) is 6.05. The Labute approximate surface area is 71.4 Å². The third kappa shape index (κ3) is 1.000. The standard InChI is InChI=1S/C7H11NO3S/c9-12(10)3-1-8(2-4-12)5-6-7(5)11-6/h5-7H,1-4H2. The minimum absolute atomic E-state index is 0.336. The first kappa shape index (κ1) is 7.29. The normalized spacial score (nSPS) is 49.8. The molecule has 1 saturated carbocycles. The van der Waals surface area contributed by atoms with Crippen molar-refractivity contribution in [3.05, 3.63) is 0 Å². The molecule has 1 aliphatic carbocycles. The topological polar surface area (TPSA) is 49.9 Å². The van der Waals surface area contributed by atoms with Crippen molar-refractivity contribution < 1.29 is 13.2 Å². The molecule has 0 radical (unpaired) electrons. The molecule has 2 unspecified atom stereocenters. The van der Waals surface area contributed by atoms with Crippen molar-refractivity contribution in [1.29, 1.82) is 0 Å². The van der Waals surface area contributed by atoms with Crippen LogP contribution in [0, 0.1) is 0 Å². The summed E-state index contributed by atoms with van der Waals surface area (Å²) in [6, 6.07) is 0.570. The van der Waals surface area contributed by atoms with Gasteiger partial charge in [0.1, 0.15) is 12.2 Å². The van der Waals surface area contributed by atoms with E-state index in [4.69, 9.17) is 4.74 Å². The fourth-order valence-electron chi connectivity index (χ4n) is 1.89. The van der Waals surface area contributed by atoms with Gasteiger partial charge in [0.05, 0.1) is 17.5 Å². The molecule has 5 heteroatoms. The van der Waals surface area contributed by atoms with Crippen LogP contribution in [0.15, 0.2) is 0 Å². The van der Waals surface area contributed by atoms with Crippen molar-refractivity contribution in [1.82, 2.24) is 4.90 Å². The minimum Gasteiger partial charge on any atom is -0.366 e. The monoisotopic (exact) mass is 189 g/mol. The van der Waals surface area contributed by atoms with Gasteiger partial charge in [-0.1, -0.05) is 0 Å². The summed E-state index contributed by atoms with van der Waals surface area (Å²) in [6.45, 7) is 1.42. The Bertz CT molecular complexity index is 291. The van der Waals surface area contributed by atoms with Gasteiger partial charge in [0.2, 0.25) is 0 Å². The summed E-state index contributed by atoms with van der Waals surface area (Å²) in [5.74, 6) is 0.672. The van der Waals surface area contributed by atoms with Crippen molar-refractivity contribution in [3.63, 3.8) is 0 Å². The highest BCUT2D eigenvalue weighted by Gasteiger charge is 2.70. The Morgan fingerprint density at radius 3 is 2.17 bits per heavy atom. The summed E-state index contributed by atoms with van der Waals surface area (Å²) in [5.41, 5.74) is 0. The minimum atomic E-state index is -2.71. The van der Waals surface area contributed by atoms with E-state index in [1.807, 2.05) is 0 Å². The highest BCUT2D eigenvalue weighted by Crippen LogP contribution is 2.50. The first-order valence-corrected chi connectivity index (χ1v) is 6.09. The number of hydrogen-bond donors (Lipinski definition) is 0. The van der Waals surface area contributed by atoms with Crippen molar-refractivity contribution in [3.8, 4) is 0 Å².